The molecular formula is C14H30N2O2. The topological polar surface area (TPSA) is 64.3 Å². The van der Waals surface area contributed by atoms with Crippen molar-refractivity contribution in [2.24, 2.45) is 5.73 Å². The Labute approximate surface area is 112 Å². The van der Waals surface area contributed by atoms with E-state index in [9.17, 15) is 4.79 Å². The Balaban J connectivity index is 3.28. The first kappa shape index (κ1) is 17.2. The minimum atomic E-state index is -0.414. The summed E-state index contributed by atoms with van der Waals surface area (Å²) in [4.78, 5) is 11.3. The largest absolute Gasteiger partial charge is 0.444 e. The third kappa shape index (κ3) is 13.3. The van der Waals surface area contributed by atoms with E-state index in [0.29, 0.717) is 12.6 Å². The van der Waals surface area contributed by atoms with Gasteiger partial charge in [-0.25, -0.2) is 4.79 Å². The van der Waals surface area contributed by atoms with Crippen molar-refractivity contribution in [1.29, 1.82) is 0 Å². The van der Waals surface area contributed by atoms with Crippen molar-refractivity contribution in [3.8, 4) is 0 Å². The van der Waals surface area contributed by atoms with Gasteiger partial charge in [-0.2, -0.15) is 0 Å². The summed E-state index contributed by atoms with van der Waals surface area (Å²) in [5.74, 6) is 0. The summed E-state index contributed by atoms with van der Waals surface area (Å²) in [5.41, 5.74) is 5.26. The van der Waals surface area contributed by atoms with Crippen molar-refractivity contribution in [1.82, 2.24) is 5.32 Å². The van der Waals surface area contributed by atoms with Crippen LogP contribution in [-0.4, -0.2) is 24.3 Å². The smallest absolute Gasteiger partial charge is 0.407 e. The number of nitrogens with two attached hydrogens (primary N) is 1. The zero-order valence-corrected chi connectivity index (χ0v) is 12.4. The molecule has 4 nitrogen and oxygen atoms in total. The number of hydrogen-bond donors (Lipinski definition) is 2. The molecule has 0 rings (SSSR count). The quantitative estimate of drug-likeness (QED) is 0.657. The Bertz CT molecular complexity index is 222. The standard InChI is InChI=1S/C14H30N2O2/c1-12(15)10-8-6-5-7-9-11-16-13(17)18-14(2,3)4/h12H,5-11,15H2,1-4H3,(H,16,17). The molecule has 0 aliphatic carbocycles. The molecule has 1 unspecified atom stereocenters. The van der Waals surface area contributed by atoms with E-state index in [0.717, 1.165) is 19.3 Å². The fourth-order valence-electron chi connectivity index (χ4n) is 1.63. The van der Waals surface area contributed by atoms with Gasteiger partial charge in [0.2, 0.25) is 0 Å². The normalized spacial score (nSPS) is 13.2. The number of rotatable bonds is 8. The molecule has 0 saturated heterocycles. The Morgan fingerprint density at radius 1 is 1.17 bits per heavy atom. The zero-order chi connectivity index (χ0) is 14.0. The molecule has 0 aromatic rings. The molecule has 3 N–H and O–H groups in total. The molecule has 0 bridgehead atoms. The summed E-state index contributed by atoms with van der Waals surface area (Å²) in [7, 11) is 0. The summed E-state index contributed by atoms with van der Waals surface area (Å²) in [6.07, 6.45) is 6.59. The average Bonchev–Trinajstić information content (AvgIpc) is 2.18. The number of nitrogens with one attached hydrogen (secondary N) is 1. The van der Waals surface area contributed by atoms with Gasteiger partial charge >= 0.3 is 6.09 Å². The van der Waals surface area contributed by atoms with E-state index in [1.165, 1.54) is 19.3 Å². The van der Waals surface area contributed by atoms with Gasteiger partial charge < -0.3 is 15.8 Å². The highest BCUT2D eigenvalue weighted by molar-refractivity contribution is 5.67. The van der Waals surface area contributed by atoms with Crippen LogP contribution in [0.3, 0.4) is 0 Å². The number of carbonyl (C=O) groups excluding carboxylic acids is 1. The molecule has 0 fully saturated rings. The predicted octanol–water partition coefficient (Wildman–Crippen LogP) is 3.20. The lowest BCUT2D eigenvalue weighted by molar-refractivity contribution is 0.0527. The van der Waals surface area contributed by atoms with Crippen LogP contribution in [0.5, 0.6) is 0 Å². The number of carbonyl (C=O) groups is 1. The summed E-state index contributed by atoms with van der Waals surface area (Å²) < 4.78 is 5.15. The molecule has 1 atom stereocenters. The third-order valence-electron chi connectivity index (χ3n) is 2.50. The van der Waals surface area contributed by atoms with Gasteiger partial charge in [0, 0.05) is 12.6 Å². The average molecular weight is 258 g/mol. The minimum absolute atomic E-state index is 0.318. The molecule has 4 heteroatoms. The summed E-state index contributed by atoms with van der Waals surface area (Å²) >= 11 is 0. The molecule has 0 heterocycles. The highest BCUT2D eigenvalue weighted by atomic mass is 16.6. The van der Waals surface area contributed by atoms with Crippen LogP contribution < -0.4 is 11.1 Å². The van der Waals surface area contributed by atoms with Crippen LogP contribution in [0.2, 0.25) is 0 Å². The van der Waals surface area contributed by atoms with Crippen LogP contribution in [0.1, 0.15) is 66.2 Å². The van der Waals surface area contributed by atoms with E-state index >= 15 is 0 Å². The van der Waals surface area contributed by atoms with Crippen molar-refractivity contribution >= 4 is 6.09 Å². The number of amides is 1. The maximum Gasteiger partial charge on any atom is 0.407 e. The zero-order valence-electron chi connectivity index (χ0n) is 12.4. The third-order valence-corrected chi connectivity index (χ3v) is 2.50. The number of unbranched alkanes of at least 4 members (excludes halogenated alkanes) is 4. The van der Waals surface area contributed by atoms with Gasteiger partial charge in [0.05, 0.1) is 0 Å². The lowest BCUT2D eigenvalue weighted by Crippen LogP contribution is -2.32. The van der Waals surface area contributed by atoms with E-state index in [-0.39, 0.29) is 6.09 Å². The Morgan fingerprint density at radius 2 is 1.72 bits per heavy atom. The van der Waals surface area contributed by atoms with Gasteiger partial charge in [-0.1, -0.05) is 25.7 Å². The highest BCUT2D eigenvalue weighted by Crippen LogP contribution is 2.07. The number of ether oxygens (including phenoxy) is 1. The van der Waals surface area contributed by atoms with Crippen LogP contribution in [0, 0.1) is 0 Å². The first-order valence-corrected chi connectivity index (χ1v) is 7.03. The van der Waals surface area contributed by atoms with Gasteiger partial charge in [-0.15, -0.1) is 0 Å². The van der Waals surface area contributed by atoms with Crippen molar-refractivity contribution in [2.75, 3.05) is 6.54 Å². The van der Waals surface area contributed by atoms with E-state index < -0.39 is 5.60 Å². The van der Waals surface area contributed by atoms with E-state index in [4.69, 9.17) is 10.5 Å². The van der Waals surface area contributed by atoms with Crippen molar-refractivity contribution < 1.29 is 9.53 Å². The highest BCUT2D eigenvalue weighted by Gasteiger charge is 2.15. The summed E-state index contributed by atoms with van der Waals surface area (Å²) in [6, 6.07) is 0.318. The van der Waals surface area contributed by atoms with Crippen LogP contribution in [0.25, 0.3) is 0 Å². The van der Waals surface area contributed by atoms with E-state index in [1.807, 2.05) is 27.7 Å². The van der Waals surface area contributed by atoms with Crippen LogP contribution in [0.4, 0.5) is 4.79 Å². The van der Waals surface area contributed by atoms with E-state index in [1.54, 1.807) is 0 Å². The van der Waals surface area contributed by atoms with Crippen molar-refractivity contribution in [2.45, 2.75) is 77.9 Å². The molecule has 0 aliphatic rings. The van der Waals surface area contributed by atoms with Crippen molar-refractivity contribution in [3.63, 3.8) is 0 Å². The SMILES string of the molecule is CC(N)CCCCCCCNC(=O)OC(C)(C)C. The number of hydrogen-bond acceptors (Lipinski definition) is 3. The summed E-state index contributed by atoms with van der Waals surface area (Å²) in [5, 5.41) is 2.77. The molecule has 108 valence electrons. The van der Waals surface area contributed by atoms with Gasteiger partial charge in [-0.3, -0.25) is 0 Å². The fourth-order valence-corrected chi connectivity index (χ4v) is 1.63. The fraction of sp³-hybridized carbons (Fsp3) is 0.929. The lowest BCUT2D eigenvalue weighted by Gasteiger charge is -2.19. The first-order valence-electron chi connectivity index (χ1n) is 7.03. The van der Waals surface area contributed by atoms with Crippen molar-refractivity contribution in [3.05, 3.63) is 0 Å². The first-order chi connectivity index (χ1) is 8.31. The monoisotopic (exact) mass is 258 g/mol. The van der Waals surface area contributed by atoms with Gasteiger partial charge in [0.25, 0.3) is 0 Å². The Morgan fingerprint density at radius 3 is 2.28 bits per heavy atom. The summed E-state index contributed by atoms with van der Waals surface area (Å²) in [6.45, 7) is 8.34. The van der Waals surface area contributed by atoms with Crippen LogP contribution >= 0.6 is 0 Å². The molecule has 0 aliphatic heterocycles. The molecule has 18 heavy (non-hydrogen) atoms. The Kier molecular flexibility index (Phi) is 8.81. The molecule has 0 saturated carbocycles. The molecule has 0 aromatic carbocycles. The van der Waals surface area contributed by atoms with Crippen LogP contribution in [-0.2, 0) is 4.74 Å². The minimum Gasteiger partial charge on any atom is -0.444 e. The van der Waals surface area contributed by atoms with Gasteiger partial charge in [0.15, 0.2) is 0 Å². The van der Waals surface area contributed by atoms with Gasteiger partial charge in [0.1, 0.15) is 5.60 Å². The maximum atomic E-state index is 11.3. The predicted molar refractivity (Wildman–Crippen MR) is 75.6 cm³/mol. The second-order valence-electron chi connectivity index (χ2n) is 5.96. The second-order valence-corrected chi connectivity index (χ2v) is 5.96. The molecule has 1 amide bonds. The molecule has 0 radical (unpaired) electrons. The molecular weight excluding hydrogens is 228 g/mol. The molecule has 0 spiro atoms. The second kappa shape index (κ2) is 9.20. The lowest BCUT2D eigenvalue weighted by atomic mass is 10.1. The Hall–Kier alpha value is -0.770. The van der Waals surface area contributed by atoms with E-state index in [2.05, 4.69) is 5.32 Å². The van der Waals surface area contributed by atoms with Gasteiger partial charge in [-0.05, 0) is 40.5 Å². The molecule has 0 aromatic heterocycles. The number of alkyl carbamates (subject to hydrolysis) is 1. The van der Waals surface area contributed by atoms with Crippen LogP contribution in [0.15, 0.2) is 0 Å². The maximum absolute atomic E-state index is 11.3.